The molecule has 0 radical (unpaired) electrons. The van der Waals surface area contributed by atoms with Crippen molar-refractivity contribution in [1.82, 2.24) is 9.62 Å². The number of fused-ring (bicyclic) bond motifs is 1. The lowest BCUT2D eigenvalue weighted by Crippen LogP contribution is -2.49. The zero-order valence-corrected chi connectivity index (χ0v) is 18.7. The van der Waals surface area contributed by atoms with E-state index < -0.39 is 10.0 Å². The molecule has 2 aromatic carbocycles. The first kappa shape index (κ1) is 22.5. The molecule has 1 aliphatic heterocycles. The summed E-state index contributed by atoms with van der Waals surface area (Å²) < 4.78 is 37.5. The highest BCUT2D eigenvalue weighted by Crippen LogP contribution is 2.25. The number of morpholine rings is 1. The zero-order valence-electron chi connectivity index (χ0n) is 17.9. The number of nitrogens with zero attached hydrogens (tertiary/aromatic N) is 1. The molecule has 0 unspecified atom stereocenters. The lowest BCUT2D eigenvalue weighted by molar-refractivity contribution is -0.122. The molecular formula is C22H30N2O5S. The summed E-state index contributed by atoms with van der Waals surface area (Å²) in [5.74, 6) is 0.0818. The van der Waals surface area contributed by atoms with Crippen molar-refractivity contribution in [3.63, 3.8) is 0 Å². The molecule has 0 aromatic heterocycles. The predicted molar refractivity (Wildman–Crippen MR) is 117 cm³/mol. The second-order valence-electron chi connectivity index (χ2n) is 7.88. The molecule has 2 aromatic rings. The number of hydrogen-bond donors (Lipinski definition) is 1. The van der Waals surface area contributed by atoms with Gasteiger partial charge in [0.15, 0.2) is 0 Å². The fraction of sp³-hybridized carbons (Fsp3) is 0.500. The minimum atomic E-state index is -3.44. The van der Waals surface area contributed by atoms with Crippen LogP contribution >= 0.6 is 0 Å². The molecule has 1 fully saturated rings. The van der Waals surface area contributed by atoms with Gasteiger partial charge in [0.25, 0.3) is 0 Å². The number of sulfonamides is 1. The SMILES string of the molecule is COc1ccc2cc([C@H](C)C(=O)NCCS(=O)(=O)N3C[C@@H](C)O[C@@H](C)C3)ccc2c1. The Balaban J connectivity index is 1.58. The van der Waals surface area contributed by atoms with E-state index in [1.54, 1.807) is 7.11 Å². The molecule has 3 rings (SSSR count). The van der Waals surface area contributed by atoms with E-state index in [2.05, 4.69) is 5.32 Å². The Labute approximate surface area is 178 Å². The van der Waals surface area contributed by atoms with E-state index in [1.807, 2.05) is 57.2 Å². The van der Waals surface area contributed by atoms with Gasteiger partial charge in [0.05, 0.1) is 31.0 Å². The quantitative estimate of drug-likeness (QED) is 0.724. The maximum atomic E-state index is 12.6. The van der Waals surface area contributed by atoms with Crippen molar-refractivity contribution < 1.29 is 22.7 Å². The van der Waals surface area contributed by atoms with Crippen molar-refractivity contribution >= 4 is 26.7 Å². The fourth-order valence-corrected chi connectivity index (χ4v) is 5.23. The summed E-state index contributed by atoms with van der Waals surface area (Å²) in [4.78, 5) is 12.6. The molecule has 1 N–H and O–H groups in total. The predicted octanol–water partition coefficient (Wildman–Crippen LogP) is 2.51. The summed E-state index contributed by atoms with van der Waals surface area (Å²) in [7, 11) is -1.82. The zero-order chi connectivity index (χ0) is 21.9. The molecule has 1 heterocycles. The van der Waals surface area contributed by atoms with Crippen molar-refractivity contribution in [3.05, 3.63) is 42.0 Å². The van der Waals surface area contributed by atoms with Crippen LogP contribution in [0.1, 0.15) is 32.3 Å². The van der Waals surface area contributed by atoms with Crippen LogP contribution in [-0.2, 0) is 19.6 Å². The number of rotatable bonds is 7. The van der Waals surface area contributed by atoms with Gasteiger partial charge in [-0.3, -0.25) is 4.79 Å². The largest absolute Gasteiger partial charge is 0.497 e. The van der Waals surface area contributed by atoms with Crippen molar-refractivity contribution in [2.45, 2.75) is 38.9 Å². The number of benzene rings is 2. The number of amides is 1. The summed E-state index contributed by atoms with van der Waals surface area (Å²) >= 11 is 0. The molecule has 7 nitrogen and oxygen atoms in total. The van der Waals surface area contributed by atoms with Gasteiger partial charge in [-0.1, -0.05) is 24.3 Å². The summed E-state index contributed by atoms with van der Waals surface area (Å²) in [5.41, 5.74) is 0.879. The third-order valence-corrected chi connectivity index (χ3v) is 7.21. The van der Waals surface area contributed by atoms with Crippen LogP contribution in [-0.4, -0.2) is 63.3 Å². The first-order valence-electron chi connectivity index (χ1n) is 10.2. The van der Waals surface area contributed by atoms with Crippen molar-refractivity contribution in [3.8, 4) is 5.75 Å². The van der Waals surface area contributed by atoms with Crippen molar-refractivity contribution in [2.24, 2.45) is 0 Å². The second-order valence-corrected chi connectivity index (χ2v) is 9.96. The first-order valence-corrected chi connectivity index (χ1v) is 11.8. The van der Waals surface area contributed by atoms with Crippen molar-refractivity contribution in [1.29, 1.82) is 0 Å². The number of ether oxygens (including phenoxy) is 2. The number of hydrogen-bond acceptors (Lipinski definition) is 5. The van der Waals surface area contributed by atoms with E-state index in [4.69, 9.17) is 9.47 Å². The third-order valence-electron chi connectivity index (χ3n) is 5.40. The number of nitrogens with one attached hydrogen (secondary N) is 1. The highest BCUT2D eigenvalue weighted by Gasteiger charge is 2.30. The molecule has 0 aliphatic carbocycles. The van der Waals surface area contributed by atoms with Crippen LogP contribution < -0.4 is 10.1 Å². The maximum Gasteiger partial charge on any atom is 0.227 e. The topological polar surface area (TPSA) is 84.9 Å². The number of carbonyl (C=O) groups excluding carboxylic acids is 1. The molecule has 164 valence electrons. The van der Waals surface area contributed by atoms with Gasteiger partial charge >= 0.3 is 0 Å². The van der Waals surface area contributed by atoms with Crippen LogP contribution in [0.3, 0.4) is 0 Å². The van der Waals surface area contributed by atoms with Crippen LogP contribution in [0, 0.1) is 0 Å². The van der Waals surface area contributed by atoms with Crippen LogP contribution in [0.4, 0.5) is 0 Å². The highest BCUT2D eigenvalue weighted by atomic mass is 32.2. The minimum absolute atomic E-state index is 0.0798. The highest BCUT2D eigenvalue weighted by molar-refractivity contribution is 7.89. The van der Waals surface area contributed by atoms with E-state index in [0.717, 1.165) is 22.1 Å². The monoisotopic (exact) mass is 434 g/mol. The number of methoxy groups -OCH3 is 1. The lowest BCUT2D eigenvalue weighted by atomic mass is 9.97. The Morgan fingerprint density at radius 3 is 2.47 bits per heavy atom. The average Bonchev–Trinajstić information content (AvgIpc) is 2.71. The molecule has 30 heavy (non-hydrogen) atoms. The van der Waals surface area contributed by atoms with E-state index >= 15 is 0 Å². The van der Waals surface area contributed by atoms with Gasteiger partial charge in [-0.2, -0.15) is 4.31 Å². The lowest BCUT2D eigenvalue weighted by Gasteiger charge is -2.34. The molecule has 0 saturated carbocycles. The normalized spacial score (nSPS) is 21.3. The standard InChI is InChI=1S/C22H30N2O5S/c1-15-13-24(14-16(2)29-15)30(26,27)10-9-23-22(25)17(3)18-5-6-20-12-21(28-4)8-7-19(20)11-18/h5-8,11-12,15-17H,9-10,13-14H2,1-4H3,(H,23,25)/t15-,16+,17-/m0/s1. The molecule has 8 heteroatoms. The maximum absolute atomic E-state index is 12.6. The Bertz CT molecular complexity index is 998. The molecule has 0 bridgehead atoms. The van der Waals surface area contributed by atoms with Gasteiger partial charge in [0.2, 0.25) is 15.9 Å². The fourth-order valence-electron chi connectivity index (χ4n) is 3.73. The van der Waals surface area contributed by atoms with Crippen molar-refractivity contribution in [2.75, 3.05) is 32.5 Å². The Morgan fingerprint density at radius 2 is 1.80 bits per heavy atom. The molecule has 1 saturated heterocycles. The summed E-state index contributed by atoms with van der Waals surface area (Å²) in [5, 5.41) is 4.82. The smallest absolute Gasteiger partial charge is 0.227 e. The van der Waals surface area contributed by atoms with Gasteiger partial charge in [-0.25, -0.2) is 8.42 Å². The van der Waals surface area contributed by atoms with Crippen LogP contribution in [0.5, 0.6) is 5.75 Å². The first-order chi connectivity index (χ1) is 14.2. The van der Waals surface area contributed by atoms with E-state index in [9.17, 15) is 13.2 Å². The average molecular weight is 435 g/mol. The van der Waals surface area contributed by atoms with E-state index in [0.29, 0.717) is 13.1 Å². The molecule has 1 aliphatic rings. The van der Waals surface area contributed by atoms with Gasteiger partial charge in [0, 0.05) is 19.6 Å². The Morgan fingerprint density at radius 1 is 1.17 bits per heavy atom. The molecule has 1 amide bonds. The van der Waals surface area contributed by atoms with Crippen LogP contribution in [0.25, 0.3) is 10.8 Å². The van der Waals surface area contributed by atoms with Gasteiger partial charge in [-0.05, 0) is 49.2 Å². The minimum Gasteiger partial charge on any atom is -0.497 e. The molecular weight excluding hydrogens is 404 g/mol. The second kappa shape index (κ2) is 9.32. The summed E-state index contributed by atoms with van der Waals surface area (Å²) in [6.45, 7) is 6.32. The summed E-state index contributed by atoms with van der Waals surface area (Å²) in [6, 6.07) is 11.6. The van der Waals surface area contributed by atoms with Crippen LogP contribution in [0.2, 0.25) is 0 Å². The van der Waals surface area contributed by atoms with E-state index in [-0.39, 0.29) is 36.3 Å². The Hall–Kier alpha value is -2.16. The number of carbonyl (C=O) groups is 1. The third kappa shape index (κ3) is 5.30. The van der Waals surface area contributed by atoms with E-state index in [1.165, 1.54) is 4.31 Å². The van der Waals surface area contributed by atoms with Gasteiger partial charge in [-0.15, -0.1) is 0 Å². The van der Waals surface area contributed by atoms with Gasteiger partial charge < -0.3 is 14.8 Å². The Kier molecular flexibility index (Phi) is 7.00. The molecule has 3 atom stereocenters. The van der Waals surface area contributed by atoms with Gasteiger partial charge in [0.1, 0.15) is 5.75 Å². The molecule has 0 spiro atoms. The van der Waals surface area contributed by atoms with Crippen LogP contribution in [0.15, 0.2) is 36.4 Å². The summed E-state index contributed by atoms with van der Waals surface area (Å²) in [6.07, 6.45) is -0.267.